The SMILES string of the molecule is CC1CCCC1CNC1=NCC(C)(C)CS1. The molecular weight excluding hydrogens is 216 g/mol. The summed E-state index contributed by atoms with van der Waals surface area (Å²) in [5.74, 6) is 2.97. The second kappa shape index (κ2) is 4.99. The Morgan fingerprint density at radius 3 is 2.81 bits per heavy atom. The quantitative estimate of drug-likeness (QED) is 0.802. The van der Waals surface area contributed by atoms with Crippen molar-refractivity contribution in [3.8, 4) is 0 Å². The first-order chi connectivity index (χ1) is 7.57. The normalized spacial score (nSPS) is 33.6. The monoisotopic (exact) mass is 240 g/mol. The fourth-order valence-corrected chi connectivity index (χ4v) is 3.45. The number of hydrogen-bond acceptors (Lipinski definition) is 3. The van der Waals surface area contributed by atoms with Crippen molar-refractivity contribution in [3.63, 3.8) is 0 Å². The minimum absolute atomic E-state index is 0.385. The van der Waals surface area contributed by atoms with Gasteiger partial charge in [0.15, 0.2) is 5.17 Å². The van der Waals surface area contributed by atoms with Gasteiger partial charge in [-0.25, -0.2) is 0 Å². The van der Waals surface area contributed by atoms with Crippen LogP contribution in [-0.2, 0) is 0 Å². The smallest absolute Gasteiger partial charge is 0.156 e. The van der Waals surface area contributed by atoms with Crippen LogP contribution in [0.15, 0.2) is 4.99 Å². The minimum atomic E-state index is 0.385. The molecule has 92 valence electrons. The van der Waals surface area contributed by atoms with Crippen molar-refractivity contribution >= 4 is 16.9 Å². The third-order valence-electron chi connectivity index (χ3n) is 3.80. The Labute approximate surface area is 104 Å². The Bertz CT molecular complexity index is 273. The molecule has 0 bridgehead atoms. The summed E-state index contributed by atoms with van der Waals surface area (Å²) in [5.41, 5.74) is 0.385. The van der Waals surface area contributed by atoms with Crippen LogP contribution in [-0.4, -0.2) is 24.0 Å². The summed E-state index contributed by atoms with van der Waals surface area (Å²) in [6.07, 6.45) is 4.23. The summed E-state index contributed by atoms with van der Waals surface area (Å²) < 4.78 is 0. The van der Waals surface area contributed by atoms with Gasteiger partial charge in [-0.05, 0) is 23.7 Å². The van der Waals surface area contributed by atoms with Gasteiger partial charge in [0.2, 0.25) is 0 Å². The van der Waals surface area contributed by atoms with E-state index in [4.69, 9.17) is 0 Å². The highest BCUT2D eigenvalue weighted by molar-refractivity contribution is 8.13. The Morgan fingerprint density at radius 2 is 2.25 bits per heavy atom. The molecule has 0 saturated heterocycles. The zero-order valence-corrected chi connectivity index (χ0v) is 11.6. The van der Waals surface area contributed by atoms with Crippen LogP contribution in [0.3, 0.4) is 0 Å². The fourth-order valence-electron chi connectivity index (χ4n) is 2.49. The lowest BCUT2D eigenvalue weighted by Crippen LogP contribution is -2.34. The molecule has 0 amide bonds. The predicted octanol–water partition coefficient (Wildman–Crippen LogP) is 3.14. The third-order valence-corrected chi connectivity index (χ3v) is 5.28. The molecule has 1 fully saturated rings. The topological polar surface area (TPSA) is 24.4 Å². The van der Waals surface area contributed by atoms with E-state index in [1.807, 2.05) is 11.8 Å². The van der Waals surface area contributed by atoms with Crippen LogP contribution in [0.5, 0.6) is 0 Å². The van der Waals surface area contributed by atoms with E-state index in [1.165, 1.54) is 30.2 Å². The first-order valence-electron chi connectivity index (χ1n) is 6.48. The summed E-state index contributed by atoms with van der Waals surface area (Å²) in [5, 5.41) is 4.72. The number of thioether (sulfide) groups is 1. The molecule has 16 heavy (non-hydrogen) atoms. The molecule has 0 aromatic carbocycles. The van der Waals surface area contributed by atoms with Crippen LogP contribution in [0.1, 0.15) is 40.0 Å². The van der Waals surface area contributed by atoms with E-state index in [0.717, 1.165) is 24.9 Å². The zero-order chi connectivity index (χ0) is 11.6. The van der Waals surface area contributed by atoms with E-state index < -0.39 is 0 Å². The molecule has 1 saturated carbocycles. The van der Waals surface area contributed by atoms with E-state index in [9.17, 15) is 0 Å². The fraction of sp³-hybridized carbons (Fsp3) is 0.923. The van der Waals surface area contributed by atoms with Crippen molar-refractivity contribution in [2.45, 2.75) is 40.0 Å². The highest BCUT2D eigenvalue weighted by atomic mass is 32.2. The largest absolute Gasteiger partial charge is 0.365 e. The molecule has 2 aliphatic rings. The van der Waals surface area contributed by atoms with Gasteiger partial charge in [0.25, 0.3) is 0 Å². The first-order valence-corrected chi connectivity index (χ1v) is 7.46. The van der Waals surface area contributed by atoms with Gasteiger partial charge in [-0.1, -0.05) is 45.4 Å². The molecule has 0 spiro atoms. The Balaban J connectivity index is 1.76. The summed E-state index contributed by atoms with van der Waals surface area (Å²) in [6, 6.07) is 0. The Kier molecular flexibility index (Phi) is 3.83. The molecule has 1 aliphatic heterocycles. The van der Waals surface area contributed by atoms with Crippen LogP contribution < -0.4 is 5.32 Å². The van der Waals surface area contributed by atoms with Crippen molar-refractivity contribution in [2.75, 3.05) is 18.8 Å². The van der Waals surface area contributed by atoms with Crippen LogP contribution >= 0.6 is 11.8 Å². The standard InChI is InChI=1S/C13H24N2S/c1-10-5-4-6-11(10)7-14-12-15-8-13(2,3)9-16-12/h10-11H,4-9H2,1-3H3,(H,14,15). The van der Waals surface area contributed by atoms with E-state index in [1.54, 1.807) is 0 Å². The highest BCUT2D eigenvalue weighted by Crippen LogP contribution is 2.31. The van der Waals surface area contributed by atoms with Gasteiger partial charge in [-0.2, -0.15) is 0 Å². The van der Waals surface area contributed by atoms with Crippen LogP contribution in [0.4, 0.5) is 0 Å². The lowest BCUT2D eigenvalue weighted by molar-refractivity contribution is 0.412. The Morgan fingerprint density at radius 1 is 1.44 bits per heavy atom. The molecular formula is C13H24N2S. The van der Waals surface area contributed by atoms with Gasteiger partial charge in [-0.15, -0.1) is 0 Å². The molecule has 1 heterocycles. The lowest BCUT2D eigenvalue weighted by Gasteiger charge is -2.28. The molecule has 1 aliphatic carbocycles. The number of nitrogens with zero attached hydrogens (tertiary/aromatic N) is 1. The first kappa shape index (κ1) is 12.3. The highest BCUT2D eigenvalue weighted by Gasteiger charge is 2.26. The molecule has 2 unspecified atom stereocenters. The molecule has 3 heteroatoms. The maximum absolute atomic E-state index is 4.64. The van der Waals surface area contributed by atoms with Crippen molar-refractivity contribution in [3.05, 3.63) is 0 Å². The van der Waals surface area contributed by atoms with Gasteiger partial charge < -0.3 is 5.32 Å². The molecule has 0 aromatic heterocycles. The van der Waals surface area contributed by atoms with Crippen molar-refractivity contribution in [1.29, 1.82) is 0 Å². The van der Waals surface area contributed by atoms with Crippen LogP contribution in [0.2, 0.25) is 0 Å². The maximum atomic E-state index is 4.64. The number of amidine groups is 1. The van der Waals surface area contributed by atoms with Gasteiger partial charge in [0, 0.05) is 18.8 Å². The average molecular weight is 240 g/mol. The van der Waals surface area contributed by atoms with E-state index in [2.05, 4.69) is 31.1 Å². The number of aliphatic imine (C=N–C) groups is 1. The lowest BCUT2D eigenvalue weighted by atomic mass is 9.97. The van der Waals surface area contributed by atoms with Gasteiger partial charge >= 0.3 is 0 Å². The van der Waals surface area contributed by atoms with Crippen molar-refractivity contribution in [2.24, 2.45) is 22.2 Å². The molecule has 2 nitrogen and oxygen atoms in total. The van der Waals surface area contributed by atoms with Crippen molar-refractivity contribution in [1.82, 2.24) is 5.32 Å². The van der Waals surface area contributed by atoms with Crippen LogP contribution in [0.25, 0.3) is 0 Å². The summed E-state index contributed by atoms with van der Waals surface area (Å²) in [4.78, 5) is 4.64. The van der Waals surface area contributed by atoms with Gasteiger partial charge in [0.1, 0.15) is 0 Å². The van der Waals surface area contributed by atoms with E-state index in [-0.39, 0.29) is 0 Å². The second-order valence-electron chi connectivity index (χ2n) is 6.12. The Hall–Kier alpha value is -0.180. The average Bonchev–Trinajstić information content (AvgIpc) is 2.63. The minimum Gasteiger partial charge on any atom is -0.365 e. The second-order valence-corrected chi connectivity index (χ2v) is 7.09. The summed E-state index contributed by atoms with van der Waals surface area (Å²) in [6.45, 7) is 9.08. The number of rotatable bonds is 2. The predicted molar refractivity (Wildman–Crippen MR) is 73.0 cm³/mol. The molecule has 0 aromatic rings. The van der Waals surface area contributed by atoms with Gasteiger partial charge in [0.05, 0.1) is 0 Å². The third kappa shape index (κ3) is 3.16. The van der Waals surface area contributed by atoms with Crippen LogP contribution in [0, 0.1) is 17.3 Å². The molecule has 0 radical (unpaired) electrons. The zero-order valence-electron chi connectivity index (χ0n) is 10.8. The number of hydrogen-bond donors (Lipinski definition) is 1. The maximum Gasteiger partial charge on any atom is 0.156 e. The summed E-state index contributed by atoms with van der Waals surface area (Å²) in [7, 11) is 0. The van der Waals surface area contributed by atoms with Crippen molar-refractivity contribution < 1.29 is 0 Å². The molecule has 2 rings (SSSR count). The molecule has 2 atom stereocenters. The molecule has 1 N–H and O–H groups in total. The van der Waals surface area contributed by atoms with E-state index in [0.29, 0.717) is 5.41 Å². The van der Waals surface area contributed by atoms with E-state index >= 15 is 0 Å². The van der Waals surface area contributed by atoms with Gasteiger partial charge in [-0.3, -0.25) is 4.99 Å². The summed E-state index contributed by atoms with van der Waals surface area (Å²) >= 11 is 1.89. The number of nitrogens with one attached hydrogen (secondary N) is 1.